The molecule has 3 rings (SSSR count). The monoisotopic (exact) mass is 345 g/mol. The molecule has 1 amide bonds. The Morgan fingerprint density at radius 3 is 2.80 bits per heavy atom. The second-order valence-electron chi connectivity index (χ2n) is 6.68. The predicted octanol–water partition coefficient (Wildman–Crippen LogP) is 3.00. The number of carbonyl (C=O) groups is 1. The van der Waals surface area contributed by atoms with E-state index in [-0.39, 0.29) is 17.8 Å². The number of aromatic nitrogens is 1. The number of rotatable bonds is 5. The van der Waals surface area contributed by atoms with E-state index in [4.69, 9.17) is 10.2 Å². The van der Waals surface area contributed by atoms with Crippen molar-refractivity contribution in [3.63, 3.8) is 0 Å². The van der Waals surface area contributed by atoms with Gasteiger partial charge in [-0.15, -0.1) is 0 Å². The van der Waals surface area contributed by atoms with Crippen molar-refractivity contribution in [3.8, 4) is 11.3 Å². The number of aryl methyl sites for hydroxylation is 1. The molecule has 0 saturated carbocycles. The average molecular weight is 345 g/mol. The first-order valence-electron chi connectivity index (χ1n) is 8.77. The summed E-state index contributed by atoms with van der Waals surface area (Å²) in [6.07, 6.45) is 4.19. The molecular weight excluding hydrogens is 321 g/mol. The summed E-state index contributed by atoms with van der Waals surface area (Å²) in [4.78, 5) is 18.4. The Morgan fingerprint density at radius 1 is 1.40 bits per heavy atom. The average Bonchev–Trinajstić information content (AvgIpc) is 3.09. The molecule has 0 bridgehead atoms. The summed E-state index contributed by atoms with van der Waals surface area (Å²) in [5.74, 6) is 1.10. The molecule has 5 nitrogen and oxygen atoms in total. The van der Waals surface area contributed by atoms with Gasteiger partial charge in [0.05, 0.1) is 11.8 Å². The smallest absolute Gasteiger partial charge is 0.223 e. The SMILES string of the molecule is CC(N)C1CCN(C(=O)CCc2ncc(-c3ccccc3F)o2)CC1. The number of amides is 1. The highest BCUT2D eigenvalue weighted by Crippen LogP contribution is 2.24. The minimum Gasteiger partial charge on any atom is -0.441 e. The van der Waals surface area contributed by atoms with Gasteiger partial charge < -0.3 is 15.1 Å². The maximum absolute atomic E-state index is 13.8. The molecule has 25 heavy (non-hydrogen) atoms. The van der Waals surface area contributed by atoms with Crippen molar-refractivity contribution in [3.05, 3.63) is 42.2 Å². The lowest BCUT2D eigenvalue weighted by molar-refractivity contribution is -0.132. The van der Waals surface area contributed by atoms with Crippen molar-refractivity contribution in [2.45, 2.75) is 38.6 Å². The van der Waals surface area contributed by atoms with Crippen LogP contribution in [0.15, 0.2) is 34.9 Å². The third-order valence-corrected chi connectivity index (χ3v) is 4.88. The van der Waals surface area contributed by atoms with Crippen LogP contribution >= 0.6 is 0 Å². The van der Waals surface area contributed by atoms with Gasteiger partial charge in [0.25, 0.3) is 0 Å². The second kappa shape index (κ2) is 7.78. The van der Waals surface area contributed by atoms with Crippen LogP contribution in [0.3, 0.4) is 0 Å². The normalized spacial score (nSPS) is 16.8. The Labute approximate surface area is 147 Å². The standard InChI is InChI=1S/C19H24FN3O2/c1-13(21)14-8-10-23(11-9-14)19(24)7-6-18-22-12-17(25-18)15-4-2-3-5-16(15)20/h2-5,12-14H,6-11,21H2,1H3. The molecule has 2 N–H and O–H groups in total. The Balaban J connectivity index is 1.53. The van der Waals surface area contributed by atoms with Crippen molar-refractivity contribution in [1.29, 1.82) is 0 Å². The summed E-state index contributed by atoms with van der Waals surface area (Å²) in [5, 5.41) is 0. The first kappa shape index (κ1) is 17.6. The van der Waals surface area contributed by atoms with E-state index in [2.05, 4.69) is 4.98 Å². The van der Waals surface area contributed by atoms with Gasteiger partial charge in [-0.1, -0.05) is 12.1 Å². The Bertz CT molecular complexity index is 721. The molecule has 1 unspecified atom stereocenters. The van der Waals surface area contributed by atoms with E-state index < -0.39 is 0 Å². The third-order valence-electron chi connectivity index (χ3n) is 4.88. The lowest BCUT2D eigenvalue weighted by atomic mass is 9.91. The van der Waals surface area contributed by atoms with Crippen LogP contribution in [0, 0.1) is 11.7 Å². The molecule has 1 aliphatic heterocycles. The fourth-order valence-electron chi connectivity index (χ4n) is 3.26. The summed E-state index contributed by atoms with van der Waals surface area (Å²) in [6, 6.07) is 6.58. The highest BCUT2D eigenvalue weighted by Gasteiger charge is 2.24. The minimum absolute atomic E-state index is 0.105. The van der Waals surface area contributed by atoms with Gasteiger partial charge in [0.15, 0.2) is 11.7 Å². The van der Waals surface area contributed by atoms with E-state index in [9.17, 15) is 9.18 Å². The topological polar surface area (TPSA) is 72.4 Å². The molecule has 0 aliphatic carbocycles. The predicted molar refractivity (Wildman–Crippen MR) is 93.2 cm³/mol. The number of likely N-dealkylation sites (tertiary alicyclic amines) is 1. The maximum atomic E-state index is 13.8. The number of nitrogens with zero attached hydrogens (tertiary/aromatic N) is 2. The Kier molecular flexibility index (Phi) is 5.48. The first-order chi connectivity index (χ1) is 12.0. The largest absolute Gasteiger partial charge is 0.441 e. The summed E-state index contributed by atoms with van der Waals surface area (Å²) < 4.78 is 19.4. The van der Waals surface area contributed by atoms with E-state index in [1.165, 1.54) is 12.3 Å². The van der Waals surface area contributed by atoms with Gasteiger partial charge in [-0.25, -0.2) is 9.37 Å². The number of halogens is 1. The second-order valence-corrected chi connectivity index (χ2v) is 6.68. The zero-order valence-electron chi connectivity index (χ0n) is 14.5. The van der Waals surface area contributed by atoms with Crippen molar-refractivity contribution >= 4 is 5.91 Å². The number of nitrogens with two attached hydrogens (primary N) is 1. The number of carbonyl (C=O) groups excluding carboxylic acids is 1. The van der Waals surface area contributed by atoms with Gasteiger partial charge in [-0.05, 0) is 37.8 Å². The van der Waals surface area contributed by atoms with Gasteiger partial charge >= 0.3 is 0 Å². The van der Waals surface area contributed by atoms with E-state index >= 15 is 0 Å². The number of hydrogen-bond donors (Lipinski definition) is 1. The van der Waals surface area contributed by atoms with E-state index in [1.807, 2.05) is 11.8 Å². The van der Waals surface area contributed by atoms with E-state index in [0.29, 0.717) is 36.0 Å². The molecule has 2 aromatic rings. The number of piperidine rings is 1. The van der Waals surface area contributed by atoms with Crippen LogP contribution in [0.1, 0.15) is 32.1 Å². The number of oxazole rings is 1. The van der Waals surface area contributed by atoms with Crippen LogP contribution in [0.25, 0.3) is 11.3 Å². The van der Waals surface area contributed by atoms with Crippen LogP contribution < -0.4 is 5.73 Å². The quantitative estimate of drug-likeness (QED) is 0.904. The lowest BCUT2D eigenvalue weighted by Crippen LogP contribution is -2.42. The molecule has 1 saturated heterocycles. The van der Waals surface area contributed by atoms with Gasteiger partial charge in [-0.3, -0.25) is 4.79 Å². The van der Waals surface area contributed by atoms with Crippen LogP contribution in [-0.2, 0) is 11.2 Å². The number of benzene rings is 1. The van der Waals surface area contributed by atoms with Crippen molar-refractivity contribution in [1.82, 2.24) is 9.88 Å². The zero-order valence-corrected chi connectivity index (χ0v) is 14.5. The van der Waals surface area contributed by atoms with Crippen LogP contribution in [0.5, 0.6) is 0 Å². The van der Waals surface area contributed by atoms with Crippen LogP contribution in [-0.4, -0.2) is 34.9 Å². The maximum Gasteiger partial charge on any atom is 0.223 e. The summed E-state index contributed by atoms with van der Waals surface area (Å²) in [6.45, 7) is 3.55. The molecule has 1 aromatic heterocycles. The van der Waals surface area contributed by atoms with Crippen molar-refractivity contribution in [2.24, 2.45) is 11.7 Å². The molecule has 134 valence electrons. The lowest BCUT2D eigenvalue weighted by Gasteiger charge is -2.33. The molecule has 0 radical (unpaired) electrons. The van der Waals surface area contributed by atoms with Crippen molar-refractivity contribution < 1.29 is 13.6 Å². The fraction of sp³-hybridized carbons (Fsp3) is 0.474. The molecule has 2 heterocycles. The Morgan fingerprint density at radius 2 is 2.12 bits per heavy atom. The van der Waals surface area contributed by atoms with Gasteiger partial charge in [0.2, 0.25) is 5.91 Å². The fourth-order valence-corrected chi connectivity index (χ4v) is 3.26. The molecule has 0 spiro atoms. The highest BCUT2D eigenvalue weighted by molar-refractivity contribution is 5.76. The molecule has 1 aliphatic rings. The first-order valence-corrected chi connectivity index (χ1v) is 8.77. The molecule has 1 atom stereocenters. The summed E-state index contributed by atoms with van der Waals surface area (Å²) in [7, 11) is 0. The molecule has 6 heteroatoms. The molecular formula is C19H24FN3O2. The summed E-state index contributed by atoms with van der Waals surface area (Å²) in [5.41, 5.74) is 6.31. The zero-order chi connectivity index (χ0) is 17.8. The van der Waals surface area contributed by atoms with E-state index in [1.54, 1.807) is 18.2 Å². The van der Waals surface area contributed by atoms with Gasteiger partial charge in [0, 0.05) is 32.0 Å². The van der Waals surface area contributed by atoms with Crippen LogP contribution in [0.2, 0.25) is 0 Å². The van der Waals surface area contributed by atoms with Gasteiger partial charge in [0.1, 0.15) is 5.82 Å². The molecule has 1 fully saturated rings. The third kappa shape index (κ3) is 4.25. The highest BCUT2D eigenvalue weighted by atomic mass is 19.1. The minimum atomic E-state index is -0.349. The van der Waals surface area contributed by atoms with Crippen LogP contribution in [0.4, 0.5) is 4.39 Å². The van der Waals surface area contributed by atoms with E-state index in [0.717, 1.165) is 25.9 Å². The molecule has 1 aromatic carbocycles. The van der Waals surface area contributed by atoms with Crippen molar-refractivity contribution in [2.75, 3.05) is 13.1 Å². The Hall–Kier alpha value is -2.21. The number of hydrogen-bond acceptors (Lipinski definition) is 4. The van der Waals surface area contributed by atoms with Gasteiger partial charge in [-0.2, -0.15) is 0 Å². The summed E-state index contributed by atoms with van der Waals surface area (Å²) >= 11 is 0.